The van der Waals surface area contributed by atoms with E-state index < -0.39 is 11.7 Å². The largest absolute Gasteiger partial charge is 0.417 e. The summed E-state index contributed by atoms with van der Waals surface area (Å²) in [6.45, 7) is 4.31. The molecule has 8 heteroatoms. The van der Waals surface area contributed by atoms with Crippen LogP contribution in [0.2, 0.25) is 0 Å². The zero-order valence-corrected chi connectivity index (χ0v) is 19.4. The van der Waals surface area contributed by atoms with Gasteiger partial charge < -0.3 is 5.32 Å². The second kappa shape index (κ2) is 9.62. The molecule has 172 valence electrons. The minimum atomic E-state index is -4.56. The minimum absolute atomic E-state index is 0.302. The molecule has 1 N–H and O–H groups in total. The van der Waals surface area contributed by atoms with Crippen LogP contribution in [0.25, 0.3) is 21.9 Å². The van der Waals surface area contributed by atoms with Gasteiger partial charge in [-0.05, 0) is 66.6 Å². The van der Waals surface area contributed by atoms with Crippen molar-refractivity contribution in [3.8, 4) is 17.2 Å². The van der Waals surface area contributed by atoms with Crippen LogP contribution < -0.4 is 5.32 Å². The van der Waals surface area contributed by atoms with Gasteiger partial charge in [-0.1, -0.05) is 6.07 Å². The Kier molecular flexibility index (Phi) is 6.82. The summed E-state index contributed by atoms with van der Waals surface area (Å²) in [4.78, 5) is 4.27. The second-order valence-corrected chi connectivity index (χ2v) is 10.5. The van der Waals surface area contributed by atoms with E-state index in [4.69, 9.17) is 0 Å². The van der Waals surface area contributed by atoms with Gasteiger partial charge in [0.05, 0.1) is 28.3 Å². The van der Waals surface area contributed by atoms with Crippen molar-refractivity contribution >= 4 is 27.5 Å². The standard InChI is InChI=1S/C25H26F3N4S/c1-3-33(2)32-10-7-21(8-11-32)31-24-14-19(13-18-6-9-30-16-22(18)24)17-4-5-23(25(26,27)28)20(12-17)15-29/h4-6,9,12-14,16,21,31H,3,7-8,10-11H2,1-2H3/q+1. The third-order valence-corrected chi connectivity index (χ3v) is 8.29. The van der Waals surface area contributed by atoms with Crippen molar-refractivity contribution in [2.75, 3.05) is 30.4 Å². The highest BCUT2D eigenvalue weighted by Crippen LogP contribution is 2.36. The van der Waals surface area contributed by atoms with Gasteiger partial charge in [0.1, 0.15) is 12.0 Å². The van der Waals surface area contributed by atoms with Crippen LogP contribution in [-0.2, 0) is 17.3 Å². The Hall–Kier alpha value is -2.76. The molecule has 3 aromatic rings. The molecule has 1 unspecified atom stereocenters. The molecule has 1 saturated heterocycles. The number of nitrogens with one attached hydrogen (secondary N) is 1. The Morgan fingerprint density at radius 1 is 1.15 bits per heavy atom. The SMILES string of the molecule is CC[S+](C)N1CCC(Nc2cc(-c3ccc(C(F)(F)F)c(C#N)c3)cc3ccncc23)CC1. The Labute approximate surface area is 194 Å². The first-order valence-electron chi connectivity index (χ1n) is 10.9. The third-order valence-electron chi connectivity index (χ3n) is 6.21. The van der Waals surface area contributed by atoms with Crippen LogP contribution >= 0.6 is 0 Å². The lowest BCUT2D eigenvalue weighted by molar-refractivity contribution is -0.137. The van der Waals surface area contributed by atoms with Crippen molar-refractivity contribution in [2.24, 2.45) is 0 Å². The lowest BCUT2D eigenvalue weighted by Gasteiger charge is -2.30. The number of fused-ring (bicyclic) bond motifs is 1. The Morgan fingerprint density at radius 2 is 1.91 bits per heavy atom. The molecule has 0 saturated carbocycles. The van der Waals surface area contributed by atoms with Crippen LogP contribution in [0.1, 0.15) is 30.9 Å². The Bertz CT molecular complexity index is 1180. The first kappa shape index (κ1) is 23.4. The lowest BCUT2D eigenvalue weighted by atomic mass is 9.96. The molecule has 1 aliphatic heterocycles. The number of alkyl halides is 3. The molecule has 1 fully saturated rings. The number of halogens is 3. The number of aromatic nitrogens is 1. The van der Waals surface area contributed by atoms with Crippen molar-refractivity contribution < 1.29 is 13.2 Å². The van der Waals surface area contributed by atoms with Gasteiger partial charge in [-0.3, -0.25) is 4.98 Å². The van der Waals surface area contributed by atoms with Gasteiger partial charge in [-0.15, -0.1) is 4.31 Å². The third kappa shape index (κ3) is 5.10. The molecule has 2 heterocycles. The van der Waals surface area contributed by atoms with Crippen LogP contribution in [0.15, 0.2) is 48.8 Å². The minimum Gasteiger partial charge on any atom is -0.382 e. The summed E-state index contributed by atoms with van der Waals surface area (Å²) < 4.78 is 42.2. The van der Waals surface area contributed by atoms with E-state index >= 15 is 0 Å². The predicted molar refractivity (Wildman–Crippen MR) is 129 cm³/mol. The highest BCUT2D eigenvalue weighted by Gasteiger charge is 2.33. The highest BCUT2D eigenvalue weighted by molar-refractivity contribution is 7.93. The number of piperidine rings is 1. The summed E-state index contributed by atoms with van der Waals surface area (Å²) in [5.41, 5.74) is 0.973. The van der Waals surface area contributed by atoms with E-state index in [0.29, 0.717) is 22.7 Å². The van der Waals surface area contributed by atoms with Gasteiger partial charge in [0.2, 0.25) is 0 Å². The van der Waals surface area contributed by atoms with E-state index in [-0.39, 0.29) is 5.56 Å². The van der Waals surface area contributed by atoms with Gasteiger partial charge >= 0.3 is 6.18 Å². The normalized spacial score (nSPS) is 16.5. The molecule has 0 bridgehead atoms. The second-order valence-electron chi connectivity index (χ2n) is 8.23. The number of benzene rings is 2. The maximum absolute atomic E-state index is 13.2. The van der Waals surface area contributed by atoms with Gasteiger partial charge in [-0.25, -0.2) is 0 Å². The molecular weight excluding hydrogens is 445 g/mol. The van der Waals surface area contributed by atoms with E-state index in [1.165, 1.54) is 12.1 Å². The quantitative estimate of drug-likeness (QED) is 0.474. The van der Waals surface area contributed by atoms with E-state index in [1.807, 2.05) is 24.4 Å². The Balaban J connectivity index is 1.66. The summed E-state index contributed by atoms with van der Waals surface area (Å²) in [7, 11) is 0. The van der Waals surface area contributed by atoms with Crippen molar-refractivity contribution in [1.82, 2.24) is 9.29 Å². The lowest BCUT2D eigenvalue weighted by Crippen LogP contribution is -2.42. The first-order chi connectivity index (χ1) is 15.8. The van der Waals surface area contributed by atoms with Crippen molar-refractivity contribution in [2.45, 2.75) is 32.0 Å². The maximum Gasteiger partial charge on any atom is 0.417 e. The van der Waals surface area contributed by atoms with Gasteiger partial charge in [0, 0.05) is 42.6 Å². The molecule has 33 heavy (non-hydrogen) atoms. The average molecular weight is 472 g/mol. The molecule has 1 aromatic heterocycles. The van der Waals surface area contributed by atoms with E-state index in [2.05, 4.69) is 27.8 Å². The molecule has 0 amide bonds. The molecule has 0 spiro atoms. The van der Waals surface area contributed by atoms with E-state index in [0.717, 1.165) is 59.8 Å². The number of hydrogen-bond donors (Lipinski definition) is 1. The molecule has 4 nitrogen and oxygen atoms in total. The van der Waals surface area contributed by atoms with Crippen LogP contribution in [0, 0.1) is 11.3 Å². The summed E-state index contributed by atoms with van der Waals surface area (Å²) in [6, 6.07) is 11.5. The smallest absolute Gasteiger partial charge is 0.382 e. The number of rotatable bonds is 5. The molecule has 0 aliphatic carbocycles. The fourth-order valence-electron chi connectivity index (χ4n) is 4.26. The number of nitriles is 1. The molecule has 4 rings (SSSR count). The highest BCUT2D eigenvalue weighted by atomic mass is 32.2. The number of nitrogens with zero attached hydrogens (tertiary/aromatic N) is 3. The van der Waals surface area contributed by atoms with E-state index in [1.54, 1.807) is 12.3 Å². The number of anilines is 1. The van der Waals surface area contributed by atoms with Gasteiger partial charge in [0.25, 0.3) is 0 Å². The molecule has 0 radical (unpaired) electrons. The van der Waals surface area contributed by atoms with Crippen LogP contribution in [0.4, 0.5) is 18.9 Å². The predicted octanol–water partition coefficient (Wildman–Crippen LogP) is 5.85. The molecular formula is C25H26F3N4S+. The van der Waals surface area contributed by atoms with Crippen LogP contribution in [0.5, 0.6) is 0 Å². The van der Waals surface area contributed by atoms with Gasteiger partial charge in [0.15, 0.2) is 0 Å². The van der Waals surface area contributed by atoms with Crippen molar-refractivity contribution in [1.29, 1.82) is 5.26 Å². The average Bonchev–Trinajstić information content (AvgIpc) is 2.83. The zero-order chi connectivity index (χ0) is 23.6. The maximum atomic E-state index is 13.2. The van der Waals surface area contributed by atoms with Crippen LogP contribution in [0.3, 0.4) is 0 Å². The molecule has 2 aromatic carbocycles. The number of hydrogen-bond acceptors (Lipinski definition) is 4. The number of pyridine rings is 1. The fourth-order valence-corrected chi connectivity index (χ4v) is 5.46. The monoisotopic (exact) mass is 471 g/mol. The van der Waals surface area contributed by atoms with Gasteiger partial charge in [-0.2, -0.15) is 18.4 Å². The summed E-state index contributed by atoms with van der Waals surface area (Å²) in [5.74, 6) is 1.16. The van der Waals surface area contributed by atoms with Crippen molar-refractivity contribution in [3.05, 3.63) is 59.9 Å². The summed E-state index contributed by atoms with van der Waals surface area (Å²) in [5, 5.41) is 14.9. The van der Waals surface area contributed by atoms with Crippen LogP contribution in [-0.4, -0.2) is 40.4 Å². The fraction of sp³-hybridized carbons (Fsp3) is 0.360. The summed E-state index contributed by atoms with van der Waals surface area (Å²) >= 11 is 0.302. The first-order valence-corrected chi connectivity index (χ1v) is 12.7. The summed E-state index contributed by atoms with van der Waals surface area (Å²) in [6.07, 6.45) is 3.30. The van der Waals surface area contributed by atoms with Crippen molar-refractivity contribution in [3.63, 3.8) is 0 Å². The zero-order valence-electron chi connectivity index (χ0n) is 18.6. The molecule has 1 aliphatic rings. The molecule has 1 atom stereocenters. The Morgan fingerprint density at radius 3 is 2.58 bits per heavy atom. The van der Waals surface area contributed by atoms with E-state index in [9.17, 15) is 18.4 Å². The topological polar surface area (TPSA) is 52.0 Å².